The summed E-state index contributed by atoms with van der Waals surface area (Å²) in [7, 11) is 1.36. The van der Waals surface area contributed by atoms with Crippen molar-refractivity contribution in [2.24, 2.45) is 10.9 Å². The third-order valence-electron chi connectivity index (χ3n) is 7.04. The first kappa shape index (κ1) is 23.5. The number of hydrogen-bond donors (Lipinski definition) is 0. The number of rotatable bonds is 10. The van der Waals surface area contributed by atoms with Gasteiger partial charge in [0.2, 0.25) is 5.76 Å². The lowest BCUT2D eigenvalue weighted by Crippen LogP contribution is -2.12. The first-order valence-electron chi connectivity index (χ1n) is 12.7. The van der Waals surface area contributed by atoms with E-state index in [1.807, 2.05) is 13.0 Å². The molecule has 2 heterocycles. The van der Waals surface area contributed by atoms with Crippen LogP contribution in [0.3, 0.4) is 0 Å². The Labute approximate surface area is 198 Å². The molecule has 0 radical (unpaired) electrons. The van der Waals surface area contributed by atoms with Gasteiger partial charge in [0.1, 0.15) is 5.76 Å². The van der Waals surface area contributed by atoms with Crippen LogP contribution in [-0.2, 0) is 4.74 Å². The molecule has 2 aliphatic carbocycles. The van der Waals surface area contributed by atoms with Gasteiger partial charge in [0.05, 0.1) is 12.8 Å². The molecular formula is C29H37NO3. The smallest absolute Gasteiger partial charge is 0.373 e. The van der Waals surface area contributed by atoms with Gasteiger partial charge in [0, 0.05) is 17.2 Å². The van der Waals surface area contributed by atoms with E-state index < -0.39 is 5.97 Å². The van der Waals surface area contributed by atoms with Gasteiger partial charge in [-0.2, -0.15) is 0 Å². The zero-order valence-corrected chi connectivity index (χ0v) is 20.4. The van der Waals surface area contributed by atoms with Crippen molar-refractivity contribution in [2.75, 3.05) is 7.11 Å². The Bertz CT molecular complexity index is 1030. The van der Waals surface area contributed by atoms with Gasteiger partial charge in [0.25, 0.3) is 0 Å². The second-order valence-electron chi connectivity index (χ2n) is 9.47. The van der Waals surface area contributed by atoms with E-state index in [4.69, 9.17) is 14.1 Å². The summed E-state index contributed by atoms with van der Waals surface area (Å²) in [5, 5.41) is 0. The maximum atomic E-state index is 11.7. The largest absolute Gasteiger partial charge is 0.463 e. The number of methoxy groups -OCH3 is 1. The molecule has 1 aromatic heterocycles. The zero-order chi connectivity index (χ0) is 23.2. The van der Waals surface area contributed by atoms with Gasteiger partial charge in [-0.15, -0.1) is 0 Å². The van der Waals surface area contributed by atoms with Gasteiger partial charge in [-0.1, -0.05) is 57.6 Å². The van der Waals surface area contributed by atoms with Gasteiger partial charge < -0.3 is 9.15 Å². The number of unbranched alkanes of at least 4 members (excludes halogenated alkanes) is 5. The van der Waals surface area contributed by atoms with Crippen LogP contribution in [0, 0.1) is 5.92 Å². The minimum absolute atomic E-state index is 0.228. The molecule has 1 saturated carbocycles. The lowest BCUT2D eigenvalue weighted by atomic mass is 9.80. The van der Waals surface area contributed by atoms with Crippen LogP contribution in [0.2, 0.25) is 0 Å². The summed E-state index contributed by atoms with van der Waals surface area (Å²) in [6.45, 7) is 4.29. The van der Waals surface area contributed by atoms with E-state index in [2.05, 4.69) is 25.2 Å². The number of fused-ring (bicyclic) bond motifs is 2. The molecule has 33 heavy (non-hydrogen) atoms. The molecule has 0 amide bonds. The molecule has 0 aromatic carbocycles. The van der Waals surface area contributed by atoms with E-state index in [0.717, 1.165) is 24.0 Å². The fourth-order valence-corrected chi connectivity index (χ4v) is 5.22. The van der Waals surface area contributed by atoms with Crippen LogP contribution < -0.4 is 0 Å². The number of ether oxygens (including phenoxy) is 1. The van der Waals surface area contributed by atoms with Crippen LogP contribution >= 0.6 is 0 Å². The molecule has 176 valence electrons. The average molecular weight is 448 g/mol. The molecule has 3 aliphatic rings. The van der Waals surface area contributed by atoms with Crippen molar-refractivity contribution in [3.8, 4) is 0 Å². The fraction of sp³-hybridized carbons (Fsp3) is 0.517. The molecule has 1 atom stereocenters. The summed E-state index contributed by atoms with van der Waals surface area (Å²) >= 11 is 0. The maximum absolute atomic E-state index is 11.7. The summed E-state index contributed by atoms with van der Waals surface area (Å²) in [5.74, 6) is 0.936. The van der Waals surface area contributed by atoms with E-state index in [-0.39, 0.29) is 5.76 Å². The highest BCUT2D eigenvalue weighted by molar-refractivity contribution is 6.06. The number of esters is 1. The van der Waals surface area contributed by atoms with E-state index in [9.17, 15) is 4.79 Å². The molecule has 1 fully saturated rings. The summed E-state index contributed by atoms with van der Waals surface area (Å²) in [6, 6.07) is 3.50. The topological polar surface area (TPSA) is 51.8 Å². The van der Waals surface area contributed by atoms with Gasteiger partial charge >= 0.3 is 5.97 Å². The molecule has 4 rings (SSSR count). The quantitative estimate of drug-likeness (QED) is 0.270. The van der Waals surface area contributed by atoms with E-state index in [1.54, 1.807) is 6.07 Å². The van der Waals surface area contributed by atoms with Crippen molar-refractivity contribution in [2.45, 2.75) is 84.5 Å². The number of furan rings is 1. The first-order valence-corrected chi connectivity index (χ1v) is 12.7. The van der Waals surface area contributed by atoms with Crippen LogP contribution in [0.15, 0.2) is 62.2 Å². The van der Waals surface area contributed by atoms with Crippen molar-refractivity contribution in [3.63, 3.8) is 0 Å². The Balaban J connectivity index is 1.55. The van der Waals surface area contributed by atoms with Gasteiger partial charge in [-0.05, 0) is 74.0 Å². The van der Waals surface area contributed by atoms with Gasteiger partial charge in [-0.3, -0.25) is 4.99 Å². The molecule has 1 aliphatic heterocycles. The summed E-state index contributed by atoms with van der Waals surface area (Å²) in [6.07, 6.45) is 20.8. The predicted octanol–water partition coefficient (Wildman–Crippen LogP) is 7.99. The Morgan fingerprint density at radius 3 is 2.70 bits per heavy atom. The molecule has 1 aromatic rings. The third-order valence-corrected chi connectivity index (χ3v) is 7.04. The van der Waals surface area contributed by atoms with Crippen LogP contribution in [-0.4, -0.2) is 18.8 Å². The van der Waals surface area contributed by atoms with Crippen molar-refractivity contribution < 1.29 is 13.9 Å². The van der Waals surface area contributed by atoms with Crippen molar-refractivity contribution in [1.29, 1.82) is 0 Å². The molecular weight excluding hydrogens is 410 g/mol. The molecule has 0 saturated heterocycles. The minimum Gasteiger partial charge on any atom is -0.463 e. The average Bonchev–Trinajstić information content (AvgIpc) is 3.48. The second-order valence-corrected chi connectivity index (χ2v) is 9.47. The molecule has 4 heteroatoms. The number of carbonyl (C=O) groups is 1. The van der Waals surface area contributed by atoms with Crippen LogP contribution in [0.1, 0.15) is 101 Å². The third kappa shape index (κ3) is 5.31. The molecule has 0 spiro atoms. The number of carbonyl (C=O) groups excluding carboxylic acids is 1. The summed E-state index contributed by atoms with van der Waals surface area (Å²) < 4.78 is 10.5. The minimum atomic E-state index is -0.454. The fourth-order valence-electron chi connectivity index (χ4n) is 5.22. The number of allylic oxidation sites excluding steroid dienone is 7. The molecule has 1 unspecified atom stereocenters. The number of aliphatic imine (C=N–C) groups is 1. The Morgan fingerprint density at radius 1 is 1.12 bits per heavy atom. The van der Waals surface area contributed by atoms with Crippen LogP contribution in [0.5, 0.6) is 0 Å². The Morgan fingerprint density at radius 2 is 1.88 bits per heavy atom. The molecule has 0 bridgehead atoms. The highest BCUT2D eigenvalue weighted by Crippen LogP contribution is 2.44. The Hall–Kier alpha value is -2.62. The normalized spacial score (nSPS) is 20.2. The zero-order valence-electron chi connectivity index (χ0n) is 20.4. The molecule has 0 N–H and O–H groups in total. The lowest BCUT2D eigenvalue weighted by Gasteiger charge is -2.24. The number of nitrogens with zero attached hydrogens (tertiary/aromatic N) is 1. The van der Waals surface area contributed by atoms with Crippen LogP contribution in [0.25, 0.3) is 5.57 Å². The maximum Gasteiger partial charge on any atom is 0.373 e. The summed E-state index contributed by atoms with van der Waals surface area (Å²) in [4.78, 5) is 16.9. The van der Waals surface area contributed by atoms with E-state index in [0.29, 0.717) is 11.7 Å². The van der Waals surface area contributed by atoms with Crippen LogP contribution in [0.4, 0.5) is 0 Å². The van der Waals surface area contributed by atoms with Crippen molar-refractivity contribution >= 4 is 17.3 Å². The monoisotopic (exact) mass is 447 g/mol. The second kappa shape index (κ2) is 11.0. The standard InChI is InChI=1S/C29H37NO3/c1-4-5-6-7-8-9-12-21-15-16-22(28-27(21)23-13-10-11-14-24(23)30-28)19-20(2)25-17-18-26(33-25)29(31)32-3/h15-19,21H,4-14H2,1-3H3. The van der Waals surface area contributed by atoms with Crippen molar-refractivity contribution in [1.82, 2.24) is 0 Å². The number of hydrogen-bond acceptors (Lipinski definition) is 4. The predicted molar refractivity (Wildman–Crippen MR) is 134 cm³/mol. The van der Waals surface area contributed by atoms with Crippen molar-refractivity contribution in [3.05, 3.63) is 64.3 Å². The SMILES string of the molecule is CCCCCCCCC1C=CC(C=C(C)c2ccc(C(=O)OC)o2)=C2N=C3CCCCC3=C21. The molecule has 4 nitrogen and oxygen atoms in total. The highest BCUT2D eigenvalue weighted by atomic mass is 16.5. The van der Waals surface area contributed by atoms with Gasteiger partial charge in [0.15, 0.2) is 0 Å². The highest BCUT2D eigenvalue weighted by Gasteiger charge is 2.32. The Kier molecular flexibility index (Phi) is 7.85. The van der Waals surface area contributed by atoms with E-state index in [1.165, 1.54) is 87.5 Å². The lowest BCUT2D eigenvalue weighted by molar-refractivity contribution is 0.0564. The van der Waals surface area contributed by atoms with Gasteiger partial charge in [-0.25, -0.2) is 4.79 Å². The summed E-state index contributed by atoms with van der Waals surface area (Å²) in [5.41, 5.74) is 7.61. The van der Waals surface area contributed by atoms with E-state index >= 15 is 0 Å². The first-order chi connectivity index (χ1) is 16.1.